The minimum Gasteiger partial charge on any atom is -0.465 e. The predicted molar refractivity (Wildman–Crippen MR) is 77.8 cm³/mol. The maximum absolute atomic E-state index is 11.4. The van der Waals surface area contributed by atoms with E-state index in [-0.39, 0.29) is 11.7 Å². The van der Waals surface area contributed by atoms with Crippen molar-refractivity contribution >= 4 is 34.8 Å². The zero-order valence-corrected chi connectivity index (χ0v) is 12.3. The lowest BCUT2D eigenvalue weighted by Crippen LogP contribution is -2.08. The molecule has 7 nitrogen and oxygen atoms in total. The lowest BCUT2D eigenvalue weighted by molar-refractivity contribution is -0.139. The van der Waals surface area contributed by atoms with Crippen molar-refractivity contribution in [1.29, 1.82) is 0 Å². The number of aromatic amines is 1. The quantitative estimate of drug-likeness (QED) is 0.457. The number of nitrogens with one attached hydrogen (secondary N) is 2. The summed E-state index contributed by atoms with van der Waals surface area (Å²) in [4.78, 5) is 27.3. The second kappa shape index (κ2) is 7.09. The van der Waals surface area contributed by atoms with E-state index in [0.29, 0.717) is 23.2 Å². The van der Waals surface area contributed by atoms with Crippen LogP contribution in [0.5, 0.6) is 0 Å². The van der Waals surface area contributed by atoms with Crippen molar-refractivity contribution in [2.75, 3.05) is 24.2 Å². The Kier molecular flexibility index (Phi) is 5.16. The second-order valence-corrected chi connectivity index (χ2v) is 4.94. The number of carbonyl (C=O) groups excluding carboxylic acids is 1. The first kappa shape index (κ1) is 14.6. The molecule has 0 fully saturated rings. The number of thioether (sulfide) groups is 1. The third-order valence-electron chi connectivity index (χ3n) is 2.42. The van der Waals surface area contributed by atoms with E-state index in [1.54, 1.807) is 13.3 Å². The number of hydrogen-bond acceptors (Lipinski definition) is 7. The van der Waals surface area contributed by atoms with Gasteiger partial charge < -0.3 is 15.0 Å². The number of rotatable bonds is 7. The first-order chi connectivity index (χ1) is 9.74. The standard InChI is InChI=1S/C12H17N5O2S/c1-3-5-13-12-16-10-9(14-7-15-10)11(17-12)20-6-8(18)19-4-2/h7H,3-6H2,1-2H3,(H2,13,14,15,16,17). The summed E-state index contributed by atoms with van der Waals surface area (Å²) >= 11 is 1.31. The molecule has 0 amide bonds. The summed E-state index contributed by atoms with van der Waals surface area (Å²) in [5, 5.41) is 3.82. The van der Waals surface area contributed by atoms with Crippen LogP contribution in [0.25, 0.3) is 11.2 Å². The van der Waals surface area contributed by atoms with Gasteiger partial charge in [-0.25, -0.2) is 9.97 Å². The van der Waals surface area contributed by atoms with Crippen molar-refractivity contribution in [3.63, 3.8) is 0 Å². The maximum atomic E-state index is 11.4. The molecule has 2 heterocycles. The Hall–Kier alpha value is -1.83. The number of imidazole rings is 1. The zero-order chi connectivity index (χ0) is 14.4. The Morgan fingerprint density at radius 1 is 1.45 bits per heavy atom. The average molecular weight is 295 g/mol. The first-order valence-electron chi connectivity index (χ1n) is 6.48. The number of carbonyl (C=O) groups is 1. The van der Waals surface area contributed by atoms with E-state index < -0.39 is 0 Å². The Labute approximate surface area is 120 Å². The highest BCUT2D eigenvalue weighted by atomic mass is 32.2. The minimum absolute atomic E-state index is 0.214. The fraction of sp³-hybridized carbons (Fsp3) is 0.500. The van der Waals surface area contributed by atoms with Crippen molar-refractivity contribution in [3.05, 3.63) is 6.33 Å². The number of fused-ring (bicyclic) bond motifs is 1. The number of esters is 1. The molecule has 0 unspecified atom stereocenters. The number of anilines is 1. The molecular formula is C12H17N5O2S. The van der Waals surface area contributed by atoms with E-state index in [9.17, 15) is 4.79 Å². The Bertz CT molecular complexity index is 586. The van der Waals surface area contributed by atoms with Crippen molar-refractivity contribution < 1.29 is 9.53 Å². The molecule has 0 aliphatic carbocycles. The van der Waals surface area contributed by atoms with Crippen LogP contribution in [0.2, 0.25) is 0 Å². The molecule has 8 heteroatoms. The number of aromatic nitrogens is 4. The molecule has 0 aliphatic heterocycles. The molecular weight excluding hydrogens is 278 g/mol. The largest absolute Gasteiger partial charge is 0.465 e. The molecule has 0 radical (unpaired) electrons. The van der Waals surface area contributed by atoms with E-state index >= 15 is 0 Å². The van der Waals surface area contributed by atoms with Crippen LogP contribution in [-0.2, 0) is 9.53 Å². The average Bonchev–Trinajstić information content (AvgIpc) is 2.91. The van der Waals surface area contributed by atoms with Crippen molar-refractivity contribution in [2.45, 2.75) is 25.3 Å². The predicted octanol–water partition coefficient (Wildman–Crippen LogP) is 1.83. The Balaban J connectivity index is 2.16. The summed E-state index contributed by atoms with van der Waals surface area (Å²) in [7, 11) is 0. The SMILES string of the molecule is CCCNc1nc(SCC(=O)OCC)c2[nH]cnc2n1. The fourth-order valence-electron chi connectivity index (χ4n) is 1.56. The number of hydrogen-bond donors (Lipinski definition) is 2. The molecule has 2 aromatic heterocycles. The van der Waals surface area contributed by atoms with Crippen molar-refractivity contribution in [1.82, 2.24) is 19.9 Å². The summed E-state index contributed by atoms with van der Waals surface area (Å²) in [5.74, 6) is 0.483. The highest BCUT2D eigenvalue weighted by Gasteiger charge is 2.12. The lowest BCUT2D eigenvalue weighted by Gasteiger charge is -2.06. The molecule has 0 bridgehead atoms. The van der Waals surface area contributed by atoms with Gasteiger partial charge in [0.05, 0.1) is 18.7 Å². The van der Waals surface area contributed by atoms with Gasteiger partial charge in [-0.1, -0.05) is 18.7 Å². The third-order valence-corrected chi connectivity index (χ3v) is 3.37. The molecule has 0 aromatic carbocycles. The van der Waals surface area contributed by atoms with Crippen molar-refractivity contribution in [3.8, 4) is 0 Å². The molecule has 108 valence electrons. The molecule has 0 aliphatic rings. The summed E-state index contributed by atoms with van der Waals surface area (Å²) in [5.41, 5.74) is 1.33. The van der Waals surface area contributed by atoms with Gasteiger partial charge in [-0.2, -0.15) is 4.98 Å². The molecule has 20 heavy (non-hydrogen) atoms. The van der Waals surface area contributed by atoms with Gasteiger partial charge in [0.25, 0.3) is 0 Å². The Morgan fingerprint density at radius 3 is 3.05 bits per heavy atom. The van der Waals surface area contributed by atoms with Crippen LogP contribution in [0.15, 0.2) is 11.4 Å². The minimum atomic E-state index is -0.258. The van der Waals surface area contributed by atoms with E-state index in [1.807, 2.05) is 0 Å². The van der Waals surface area contributed by atoms with Gasteiger partial charge in [0, 0.05) is 6.54 Å². The van der Waals surface area contributed by atoms with Gasteiger partial charge in [-0.15, -0.1) is 0 Å². The topological polar surface area (TPSA) is 92.8 Å². The van der Waals surface area contributed by atoms with Gasteiger partial charge in [0.15, 0.2) is 5.65 Å². The molecule has 0 spiro atoms. The number of ether oxygens (including phenoxy) is 1. The van der Waals surface area contributed by atoms with E-state index in [4.69, 9.17) is 4.74 Å². The van der Waals surface area contributed by atoms with Gasteiger partial charge >= 0.3 is 5.97 Å². The fourth-order valence-corrected chi connectivity index (χ4v) is 2.34. The first-order valence-corrected chi connectivity index (χ1v) is 7.46. The molecule has 2 N–H and O–H groups in total. The van der Waals surface area contributed by atoms with Crippen LogP contribution in [0.1, 0.15) is 20.3 Å². The summed E-state index contributed by atoms with van der Waals surface area (Å²) in [6, 6.07) is 0. The van der Waals surface area contributed by atoms with E-state index in [2.05, 4.69) is 32.2 Å². The smallest absolute Gasteiger partial charge is 0.316 e. The third kappa shape index (κ3) is 3.60. The van der Waals surface area contributed by atoms with Crippen LogP contribution in [0.4, 0.5) is 5.95 Å². The molecule has 0 saturated carbocycles. The van der Waals surface area contributed by atoms with E-state index in [0.717, 1.165) is 18.5 Å². The van der Waals surface area contributed by atoms with Crippen LogP contribution in [0, 0.1) is 0 Å². The number of H-pyrrole nitrogens is 1. The van der Waals surface area contributed by atoms with Gasteiger partial charge in [0.1, 0.15) is 10.5 Å². The summed E-state index contributed by atoms with van der Waals surface area (Å²) in [6.45, 7) is 5.02. The highest BCUT2D eigenvalue weighted by Crippen LogP contribution is 2.24. The maximum Gasteiger partial charge on any atom is 0.316 e. The summed E-state index contributed by atoms with van der Waals surface area (Å²) in [6.07, 6.45) is 2.55. The monoisotopic (exact) mass is 295 g/mol. The van der Waals surface area contributed by atoms with Crippen LogP contribution in [-0.4, -0.2) is 44.8 Å². The molecule has 0 atom stereocenters. The Morgan fingerprint density at radius 2 is 2.30 bits per heavy atom. The van der Waals surface area contributed by atoms with Gasteiger partial charge in [-0.05, 0) is 13.3 Å². The van der Waals surface area contributed by atoms with Crippen LogP contribution in [0.3, 0.4) is 0 Å². The van der Waals surface area contributed by atoms with Crippen LogP contribution < -0.4 is 5.32 Å². The highest BCUT2D eigenvalue weighted by molar-refractivity contribution is 8.00. The van der Waals surface area contributed by atoms with Gasteiger partial charge in [0.2, 0.25) is 5.95 Å². The molecule has 0 saturated heterocycles. The second-order valence-electron chi connectivity index (χ2n) is 3.97. The normalized spacial score (nSPS) is 10.7. The zero-order valence-electron chi connectivity index (χ0n) is 11.5. The summed E-state index contributed by atoms with van der Waals surface area (Å²) < 4.78 is 4.91. The van der Waals surface area contributed by atoms with Gasteiger partial charge in [-0.3, -0.25) is 4.79 Å². The van der Waals surface area contributed by atoms with E-state index in [1.165, 1.54) is 11.8 Å². The molecule has 2 rings (SSSR count). The molecule has 2 aromatic rings. The van der Waals surface area contributed by atoms with Crippen LogP contribution >= 0.6 is 11.8 Å². The van der Waals surface area contributed by atoms with Crippen molar-refractivity contribution in [2.24, 2.45) is 0 Å². The number of nitrogens with zero attached hydrogens (tertiary/aromatic N) is 3. The lowest BCUT2D eigenvalue weighted by atomic mass is 10.5.